The van der Waals surface area contributed by atoms with E-state index >= 15 is 0 Å². The lowest BCUT2D eigenvalue weighted by molar-refractivity contribution is 0.257. The maximum Gasteiger partial charge on any atom is 0.310 e. The van der Waals surface area contributed by atoms with Gasteiger partial charge in [0.1, 0.15) is 5.75 Å². The number of rotatable bonds is 7. The molecule has 0 unspecified atom stereocenters. The van der Waals surface area contributed by atoms with Gasteiger partial charge in [0, 0.05) is 26.2 Å². The van der Waals surface area contributed by atoms with E-state index in [-0.39, 0.29) is 5.75 Å². The average molecular weight is 400 g/mol. The highest BCUT2D eigenvalue weighted by Gasteiger charge is 2.19. The van der Waals surface area contributed by atoms with E-state index in [0.29, 0.717) is 17.9 Å². The Kier molecular flexibility index (Phi) is 7.04. The second kappa shape index (κ2) is 9.69. The minimum absolute atomic E-state index is 0.0164. The predicted molar refractivity (Wildman–Crippen MR) is 108 cm³/mol. The lowest BCUT2D eigenvalue weighted by atomic mass is 10.1. The van der Waals surface area contributed by atoms with Crippen molar-refractivity contribution in [1.29, 1.82) is 5.26 Å². The highest BCUT2D eigenvalue weighted by Crippen LogP contribution is 2.13. The van der Waals surface area contributed by atoms with Gasteiger partial charge in [-0.05, 0) is 49.3 Å². The lowest BCUT2D eigenvalue weighted by Gasteiger charge is -2.21. The fraction of sp³-hybridized carbons (Fsp3) is 0.381. The van der Waals surface area contributed by atoms with E-state index < -0.39 is 10.1 Å². The van der Waals surface area contributed by atoms with Gasteiger partial charge in [0.2, 0.25) is 0 Å². The Labute approximate surface area is 167 Å². The minimum Gasteiger partial charge on any atom is -0.382 e. The quantitative estimate of drug-likeness (QED) is 0.666. The summed E-state index contributed by atoms with van der Waals surface area (Å²) in [6.45, 7) is 4.89. The first kappa shape index (κ1) is 20.3. The highest BCUT2D eigenvalue weighted by atomic mass is 32.2. The number of para-hydroxylation sites is 1. The molecule has 0 aliphatic carbocycles. The predicted octanol–water partition coefficient (Wildman–Crippen LogP) is 2.47. The van der Waals surface area contributed by atoms with Gasteiger partial charge in [0.05, 0.1) is 17.4 Å². The van der Waals surface area contributed by atoms with Crippen molar-refractivity contribution < 1.29 is 12.6 Å². The van der Waals surface area contributed by atoms with Gasteiger partial charge in [-0.3, -0.25) is 4.90 Å². The molecule has 6 nitrogen and oxygen atoms in total. The fourth-order valence-electron chi connectivity index (χ4n) is 3.25. The monoisotopic (exact) mass is 399 g/mol. The third-order valence-corrected chi connectivity index (χ3v) is 5.92. The molecule has 148 valence electrons. The van der Waals surface area contributed by atoms with Crippen molar-refractivity contribution in [3.05, 3.63) is 65.7 Å². The molecular formula is C21H25N3O3S. The van der Waals surface area contributed by atoms with Gasteiger partial charge < -0.3 is 9.08 Å². The Morgan fingerprint density at radius 1 is 0.929 bits per heavy atom. The molecule has 0 saturated carbocycles. The Morgan fingerprint density at radius 3 is 2.32 bits per heavy atom. The molecule has 3 rings (SSSR count). The molecule has 0 N–H and O–H groups in total. The van der Waals surface area contributed by atoms with E-state index in [4.69, 9.17) is 9.44 Å². The maximum atomic E-state index is 12.2. The van der Waals surface area contributed by atoms with Crippen LogP contribution in [0.3, 0.4) is 0 Å². The van der Waals surface area contributed by atoms with Crippen LogP contribution in [0.2, 0.25) is 0 Å². The fourth-order valence-corrected chi connectivity index (χ4v) is 4.22. The molecular weight excluding hydrogens is 374 g/mol. The third kappa shape index (κ3) is 6.34. The van der Waals surface area contributed by atoms with E-state index in [1.807, 2.05) is 30.3 Å². The van der Waals surface area contributed by atoms with Crippen LogP contribution in [0, 0.1) is 11.3 Å². The van der Waals surface area contributed by atoms with Gasteiger partial charge in [-0.25, -0.2) is 0 Å². The molecule has 0 aromatic heterocycles. The second-order valence-corrected chi connectivity index (χ2v) is 8.63. The molecule has 0 bridgehead atoms. The first-order valence-corrected chi connectivity index (χ1v) is 11.0. The lowest BCUT2D eigenvalue weighted by Crippen LogP contribution is -2.34. The zero-order chi connectivity index (χ0) is 19.8. The van der Waals surface area contributed by atoms with Crippen molar-refractivity contribution in [2.75, 3.05) is 38.5 Å². The molecule has 1 aliphatic rings. The zero-order valence-electron chi connectivity index (χ0n) is 15.8. The third-order valence-electron chi connectivity index (χ3n) is 4.79. The Morgan fingerprint density at radius 2 is 1.61 bits per heavy atom. The van der Waals surface area contributed by atoms with E-state index in [0.717, 1.165) is 39.1 Å². The molecule has 0 amide bonds. The maximum absolute atomic E-state index is 12.2. The summed E-state index contributed by atoms with van der Waals surface area (Å²) in [5.74, 6) is 0.337. The minimum atomic E-state index is -3.60. The van der Waals surface area contributed by atoms with Crippen molar-refractivity contribution in [3.8, 4) is 11.8 Å². The normalized spacial score (nSPS) is 16.2. The van der Waals surface area contributed by atoms with E-state index in [1.54, 1.807) is 24.3 Å². The molecule has 1 aliphatic heterocycles. The molecule has 2 aromatic carbocycles. The van der Waals surface area contributed by atoms with Crippen LogP contribution in [0.5, 0.6) is 5.75 Å². The number of nitriles is 1. The van der Waals surface area contributed by atoms with Crippen LogP contribution in [0.15, 0.2) is 54.6 Å². The number of hydrogen-bond acceptors (Lipinski definition) is 6. The number of benzene rings is 2. The number of nitrogens with zero attached hydrogens (tertiary/aromatic N) is 3. The van der Waals surface area contributed by atoms with E-state index in [2.05, 4.69) is 15.9 Å². The van der Waals surface area contributed by atoms with Gasteiger partial charge in [-0.2, -0.15) is 13.7 Å². The molecule has 0 radical (unpaired) electrons. The summed E-state index contributed by atoms with van der Waals surface area (Å²) in [5, 5.41) is 8.89. The van der Waals surface area contributed by atoms with Gasteiger partial charge in [0.25, 0.3) is 0 Å². The van der Waals surface area contributed by atoms with E-state index in [1.165, 1.54) is 5.56 Å². The van der Waals surface area contributed by atoms with Crippen LogP contribution < -0.4 is 4.18 Å². The second-order valence-electron chi connectivity index (χ2n) is 6.94. The average Bonchev–Trinajstić information content (AvgIpc) is 2.93. The van der Waals surface area contributed by atoms with Crippen molar-refractivity contribution >= 4 is 10.1 Å². The molecule has 28 heavy (non-hydrogen) atoms. The molecule has 1 saturated heterocycles. The topological polar surface area (TPSA) is 73.6 Å². The Hall–Kier alpha value is -2.40. The van der Waals surface area contributed by atoms with Gasteiger partial charge in [0.15, 0.2) is 0 Å². The standard InChI is InChI=1S/C21H25N3O3S/c22-17-19-7-9-20(10-8-19)18-24-12-4-11-23(13-14-24)15-16-28(25,26)27-21-5-2-1-3-6-21/h1-3,5-10H,4,11-16,18H2. The first-order valence-electron chi connectivity index (χ1n) is 9.45. The molecule has 7 heteroatoms. The van der Waals surface area contributed by atoms with Crippen LogP contribution in [-0.4, -0.2) is 56.7 Å². The summed E-state index contributed by atoms with van der Waals surface area (Å²) < 4.78 is 29.6. The molecule has 0 atom stereocenters. The molecule has 1 heterocycles. The van der Waals surface area contributed by atoms with Crippen LogP contribution in [0.1, 0.15) is 17.5 Å². The summed E-state index contributed by atoms with van der Waals surface area (Å²) in [7, 11) is -3.60. The van der Waals surface area contributed by atoms with Gasteiger partial charge >= 0.3 is 10.1 Å². The summed E-state index contributed by atoms with van der Waals surface area (Å²) >= 11 is 0. The van der Waals surface area contributed by atoms with Crippen LogP contribution in [0.25, 0.3) is 0 Å². The molecule has 2 aromatic rings. The zero-order valence-corrected chi connectivity index (χ0v) is 16.6. The molecule has 1 fully saturated rings. The van der Waals surface area contributed by atoms with Crippen LogP contribution in [-0.2, 0) is 16.7 Å². The van der Waals surface area contributed by atoms with Crippen molar-refractivity contribution in [2.24, 2.45) is 0 Å². The summed E-state index contributed by atoms with van der Waals surface area (Å²) in [4.78, 5) is 4.56. The first-order chi connectivity index (χ1) is 13.5. The largest absolute Gasteiger partial charge is 0.382 e. The summed E-state index contributed by atoms with van der Waals surface area (Å²) in [5.41, 5.74) is 1.86. The summed E-state index contributed by atoms with van der Waals surface area (Å²) in [6, 6.07) is 18.4. The van der Waals surface area contributed by atoms with Crippen molar-refractivity contribution in [1.82, 2.24) is 9.80 Å². The van der Waals surface area contributed by atoms with Gasteiger partial charge in [-0.15, -0.1) is 0 Å². The van der Waals surface area contributed by atoms with Crippen LogP contribution in [0.4, 0.5) is 0 Å². The van der Waals surface area contributed by atoms with Crippen LogP contribution >= 0.6 is 0 Å². The van der Waals surface area contributed by atoms with Gasteiger partial charge in [-0.1, -0.05) is 30.3 Å². The SMILES string of the molecule is N#Cc1ccc(CN2CCCN(CCS(=O)(=O)Oc3ccccc3)CC2)cc1. The van der Waals surface area contributed by atoms with Crippen molar-refractivity contribution in [3.63, 3.8) is 0 Å². The number of hydrogen-bond donors (Lipinski definition) is 0. The summed E-state index contributed by atoms with van der Waals surface area (Å²) in [6.07, 6.45) is 0.996. The Balaban J connectivity index is 1.46. The Bertz CT molecular complexity index is 893. The highest BCUT2D eigenvalue weighted by molar-refractivity contribution is 7.87. The molecule has 0 spiro atoms. The smallest absolute Gasteiger partial charge is 0.310 e. The van der Waals surface area contributed by atoms with E-state index in [9.17, 15) is 8.42 Å². The van der Waals surface area contributed by atoms with Crippen molar-refractivity contribution in [2.45, 2.75) is 13.0 Å².